The van der Waals surface area contributed by atoms with Crippen molar-refractivity contribution < 1.29 is 4.74 Å². The van der Waals surface area contributed by atoms with E-state index < -0.39 is 0 Å². The van der Waals surface area contributed by atoms with E-state index in [2.05, 4.69) is 12.2 Å². The molecule has 2 fully saturated rings. The lowest BCUT2D eigenvalue weighted by Gasteiger charge is -2.25. The maximum absolute atomic E-state index is 5.79. The van der Waals surface area contributed by atoms with Gasteiger partial charge in [-0.05, 0) is 57.5 Å². The van der Waals surface area contributed by atoms with Crippen LogP contribution in [0, 0.1) is 11.8 Å². The minimum Gasteiger partial charge on any atom is -0.374 e. The fourth-order valence-corrected chi connectivity index (χ4v) is 3.19. The second kappa shape index (κ2) is 5.48. The molecular formula is C13H26N2O. The van der Waals surface area contributed by atoms with Crippen LogP contribution in [-0.2, 0) is 4.74 Å². The molecule has 1 saturated carbocycles. The lowest BCUT2D eigenvalue weighted by molar-refractivity contribution is 0.0200. The molecule has 3 heteroatoms. The van der Waals surface area contributed by atoms with E-state index in [4.69, 9.17) is 10.5 Å². The molecule has 0 radical (unpaired) electrons. The van der Waals surface area contributed by atoms with Crippen LogP contribution in [0.15, 0.2) is 0 Å². The first kappa shape index (κ1) is 12.3. The normalized spacial score (nSPS) is 39.4. The molecular weight excluding hydrogens is 200 g/mol. The topological polar surface area (TPSA) is 47.3 Å². The first-order chi connectivity index (χ1) is 7.73. The van der Waals surface area contributed by atoms with Gasteiger partial charge in [0.15, 0.2) is 0 Å². The average molecular weight is 226 g/mol. The molecule has 3 N–H and O–H groups in total. The van der Waals surface area contributed by atoms with Crippen LogP contribution in [0.3, 0.4) is 0 Å². The second-order valence-corrected chi connectivity index (χ2v) is 5.72. The second-order valence-electron chi connectivity index (χ2n) is 5.72. The molecule has 0 bridgehead atoms. The molecule has 0 spiro atoms. The quantitative estimate of drug-likeness (QED) is 0.747. The molecule has 1 heterocycles. The predicted molar refractivity (Wildman–Crippen MR) is 66.3 cm³/mol. The zero-order valence-corrected chi connectivity index (χ0v) is 10.5. The SMILES string of the molecule is CC1(CNCC2CCCC2CN)CCCO1. The highest BCUT2D eigenvalue weighted by atomic mass is 16.5. The Hall–Kier alpha value is -0.120. The van der Waals surface area contributed by atoms with Gasteiger partial charge in [-0.3, -0.25) is 0 Å². The van der Waals surface area contributed by atoms with Gasteiger partial charge in [0.1, 0.15) is 0 Å². The largest absolute Gasteiger partial charge is 0.374 e. The van der Waals surface area contributed by atoms with Crippen molar-refractivity contribution in [2.45, 2.75) is 44.6 Å². The van der Waals surface area contributed by atoms with Crippen molar-refractivity contribution in [2.24, 2.45) is 17.6 Å². The summed E-state index contributed by atoms with van der Waals surface area (Å²) in [5, 5.41) is 3.59. The Labute approximate surface area is 99.1 Å². The third-order valence-electron chi connectivity index (χ3n) is 4.33. The molecule has 1 aliphatic heterocycles. The molecule has 0 aromatic heterocycles. The van der Waals surface area contributed by atoms with Gasteiger partial charge in [0.2, 0.25) is 0 Å². The number of hydrogen-bond acceptors (Lipinski definition) is 3. The van der Waals surface area contributed by atoms with E-state index in [1.807, 2.05) is 0 Å². The lowest BCUT2D eigenvalue weighted by Crippen LogP contribution is -2.40. The number of ether oxygens (including phenoxy) is 1. The Morgan fingerprint density at radius 1 is 1.31 bits per heavy atom. The molecule has 1 aliphatic carbocycles. The van der Waals surface area contributed by atoms with Crippen LogP contribution in [0.5, 0.6) is 0 Å². The summed E-state index contributed by atoms with van der Waals surface area (Å²) >= 11 is 0. The fraction of sp³-hybridized carbons (Fsp3) is 1.00. The van der Waals surface area contributed by atoms with Gasteiger partial charge in [0.05, 0.1) is 5.60 Å². The third-order valence-corrected chi connectivity index (χ3v) is 4.33. The van der Waals surface area contributed by atoms with E-state index in [0.717, 1.165) is 38.1 Å². The molecule has 94 valence electrons. The highest BCUT2D eigenvalue weighted by Crippen LogP contribution is 2.30. The molecule has 0 aromatic carbocycles. The average Bonchev–Trinajstić information content (AvgIpc) is 2.88. The van der Waals surface area contributed by atoms with Crippen molar-refractivity contribution in [1.82, 2.24) is 5.32 Å². The standard InChI is InChI=1S/C13H26N2O/c1-13(6-3-7-16-13)10-15-9-12-5-2-4-11(12)8-14/h11-12,15H,2-10,14H2,1H3. The summed E-state index contributed by atoms with van der Waals surface area (Å²) in [7, 11) is 0. The summed E-state index contributed by atoms with van der Waals surface area (Å²) in [6, 6.07) is 0. The zero-order chi connectivity index (χ0) is 11.4. The minimum absolute atomic E-state index is 0.0941. The van der Waals surface area contributed by atoms with Crippen LogP contribution < -0.4 is 11.1 Å². The number of hydrogen-bond donors (Lipinski definition) is 2. The van der Waals surface area contributed by atoms with E-state index in [9.17, 15) is 0 Å². The molecule has 0 aromatic rings. The van der Waals surface area contributed by atoms with Crippen molar-refractivity contribution in [3.63, 3.8) is 0 Å². The Morgan fingerprint density at radius 3 is 2.81 bits per heavy atom. The Morgan fingerprint density at radius 2 is 2.12 bits per heavy atom. The highest BCUT2D eigenvalue weighted by Gasteiger charge is 2.30. The van der Waals surface area contributed by atoms with Crippen LogP contribution in [-0.4, -0.2) is 31.8 Å². The molecule has 1 saturated heterocycles. The summed E-state index contributed by atoms with van der Waals surface area (Å²) in [4.78, 5) is 0. The highest BCUT2D eigenvalue weighted by molar-refractivity contribution is 4.85. The lowest BCUT2D eigenvalue weighted by atomic mass is 9.95. The number of rotatable bonds is 5. The summed E-state index contributed by atoms with van der Waals surface area (Å²) < 4.78 is 5.77. The van der Waals surface area contributed by atoms with Gasteiger partial charge in [-0.15, -0.1) is 0 Å². The van der Waals surface area contributed by atoms with Crippen LogP contribution in [0.2, 0.25) is 0 Å². The maximum Gasteiger partial charge on any atom is 0.0779 e. The van der Waals surface area contributed by atoms with Crippen molar-refractivity contribution in [1.29, 1.82) is 0 Å². The monoisotopic (exact) mass is 226 g/mol. The van der Waals surface area contributed by atoms with E-state index in [1.165, 1.54) is 32.1 Å². The van der Waals surface area contributed by atoms with Gasteiger partial charge in [-0.2, -0.15) is 0 Å². The van der Waals surface area contributed by atoms with Crippen LogP contribution >= 0.6 is 0 Å². The van der Waals surface area contributed by atoms with Gasteiger partial charge in [0.25, 0.3) is 0 Å². The molecule has 2 aliphatic rings. The first-order valence-electron chi connectivity index (χ1n) is 6.78. The van der Waals surface area contributed by atoms with Crippen LogP contribution in [0.1, 0.15) is 39.0 Å². The Balaban J connectivity index is 1.67. The number of nitrogens with one attached hydrogen (secondary N) is 1. The van der Waals surface area contributed by atoms with Crippen molar-refractivity contribution in [3.05, 3.63) is 0 Å². The third kappa shape index (κ3) is 2.96. The Bertz CT molecular complexity index is 214. The summed E-state index contributed by atoms with van der Waals surface area (Å²) in [5.74, 6) is 1.56. The van der Waals surface area contributed by atoms with E-state index >= 15 is 0 Å². The van der Waals surface area contributed by atoms with Gasteiger partial charge in [-0.1, -0.05) is 6.42 Å². The van der Waals surface area contributed by atoms with E-state index in [1.54, 1.807) is 0 Å². The number of nitrogens with two attached hydrogens (primary N) is 1. The summed E-state index contributed by atoms with van der Waals surface area (Å²) in [6.45, 7) is 6.15. The molecule has 0 amide bonds. The van der Waals surface area contributed by atoms with Gasteiger partial charge >= 0.3 is 0 Å². The first-order valence-corrected chi connectivity index (χ1v) is 6.78. The summed E-state index contributed by atoms with van der Waals surface area (Å²) in [6.07, 6.45) is 6.46. The van der Waals surface area contributed by atoms with Crippen molar-refractivity contribution in [2.75, 3.05) is 26.2 Å². The van der Waals surface area contributed by atoms with E-state index in [-0.39, 0.29) is 5.60 Å². The van der Waals surface area contributed by atoms with Crippen LogP contribution in [0.4, 0.5) is 0 Å². The minimum atomic E-state index is 0.0941. The molecule has 16 heavy (non-hydrogen) atoms. The maximum atomic E-state index is 5.79. The predicted octanol–water partition coefficient (Wildman–Crippen LogP) is 1.52. The molecule has 3 nitrogen and oxygen atoms in total. The van der Waals surface area contributed by atoms with E-state index in [0.29, 0.717) is 0 Å². The van der Waals surface area contributed by atoms with Crippen LogP contribution in [0.25, 0.3) is 0 Å². The zero-order valence-electron chi connectivity index (χ0n) is 10.5. The van der Waals surface area contributed by atoms with Gasteiger partial charge in [-0.25, -0.2) is 0 Å². The molecule has 2 rings (SSSR count). The molecule has 3 unspecified atom stereocenters. The van der Waals surface area contributed by atoms with Crippen molar-refractivity contribution >= 4 is 0 Å². The van der Waals surface area contributed by atoms with Gasteiger partial charge < -0.3 is 15.8 Å². The smallest absolute Gasteiger partial charge is 0.0779 e. The Kier molecular flexibility index (Phi) is 4.22. The fourth-order valence-electron chi connectivity index (χ4n) is 3.19. The van der Waals surface area contributed by atoms with Crippen molar-refractivity contribution in [3.8, 4) is 0 Å². The van der Waals surface area contributed by atoms with Gasteiger partial charge in [0, 0.05) is 13.2 Å². The summed E-state index contributed by atoms with van der Waals surface area (Å²) in [5.41, 5.74) is 5.89. The molecule has 3 atom stereocenters.